The van der Waals surface area contributed by atoms with E-state index in [4.69, 9.17) is 5.11 Å². The van der Waals surface area contributed by atoms with Crippen LogP contribution in [0.15, 0.2) is 0 Å². The zero-order valence-corrected chi connectivity index (χ0v) is 12.6. The molecule has 2 fully saturated rings. The molecule has 1 N–H and O–H groups in total. The van der Waals surface area contributed by atoms with Crippen molar-refractivity contribution in [3.8, 4) is 0 Å². The van der Waals surface area contributed by atoms with Gasteiger partial charge in [0.2, 0.25) is 11.8 Å². The van der Waals surface area contributed by atoms with E-state index in [0.29, 0.717) is 19.5 Å². The molecule has 2 unspecified atom stereocenters. The Bertz CT molecular complexity index is 424. The van der Waals surface area contributed by atoms with Crippen molar-refractivity contribution in [3.63, 3.8) is 0 Å². The average Bonchev–Trinajstić information content (AvgIpc) is 2.83. The van der Waals surface area contributed by atoms with Crippen molar-refractivity contribution in [1.29, 1.82) is 0 Å². The molecular formula is C15H24N2O4. The Morgan fingerprint density at radius 1 is 1.33 bits per heavy atom. The molecule has 0 radical (unpaired) electrons. The standard InChI is InChI=1S/C15H24N2O4/c1-11(8-15(20)21)12-4-2-6-16(9-12)14(19)10-17-7-3-5-13(17)18/h11-12H,2-10H2,1H3,(H,20,21). The maximum atomic E-state index is 12.3. The molecule has 0 spiro atoms. The van der Waals surface area contributed by atoms with Crippen molar-refractivity contribution >= 4 is 17.8 Å². The van der Waals surface area contributed by atoms with Gasteiger partial charge in [-0.15, -0.1) is 0 Å². The lowest BCUT2D eigenvalue weighted by Crippen LogP contribution is -2.46. The van der Waals surface area contributed by atoms with Crippen molar-refractivity contribution < 1.29 is 19.5 Å². The van der Waals surface area contributed by atoms with E-state index in [-0.39, 0.29) is 36.6 Å². The van der Waals surface area contributed by atoms with Gasteiger partial charge in [0.05, 0.1) is 6.54 Å². The van der Waals surface area contributed by atoms with Gasteiger partial charge in [-0.05, 0) is 31.1 Å². The molecule has 2 aliphatic rings. The molecule has 6 nitrogen and oxygen atoms in total. The molecule has 6 heteroatoms. The molecule has 2 saturated heterocycles. The second kappa shape index (κ2) is 6.91. The molecule has 0 aliphatic carbocycles. The Morgan fingerprint density at radius 2 is 2.10 bits per heavy atom. The van der Waals surface area contributed by atoms with E-state index in [1.165, 1.54) is 0 Å². The van der Waals surface area contributed by atoms with Crippen LogP contribution < -0.4 is 0 Å². The number of hydrogen-bond acceptors (Lipinski definition) is 3. The van der Waals surface area contributed by atoms with E-state index < -0.39 is 5.97 Å². The summed E-state index contributed by atoms with van der Waals surface area (Å²) >= 11 is 0. The number of carboxylic acids is 1. The number of carboxylic acid groups (broad SMARTS) is 1. The normalized spacial score (nSPS) is 24.2. The van der Waals surface area contributed by atoms with E-state index in [9.17, 15) is 14.4 Å². The lowest BCUT2D eigenvalue weighted by molar-refractivity contribution is -0.140. The van der Waals surface area contributed by atoms with E-state index in [2.05, 4.69) is 0 Å². The minimum atomic E-state index is -0.784. The highest BCUT2D eigenvalue weighted by molar-refractivity contribution is 5.85. The Kier molecular flexibility index (Phi) is 5.20. The molecule has 0 bridgehead atoms. The first-order chi connectivity index (χ1) is 9.97. The Labute approximate surface area is 125 Å². The molecule has 2 atom stereocenters. The van der Waals surface area contributed by atoms with Crippen LogP contribution >= 0.6 is 0 Å². The average molecular weight is 296 g/mol. The lowest BCUT2D eigenvalue weighted by atomic mass is 9.84. The number of rotatable bonds is 5. The van der Waals surface area contributed by atoms with Crippen LogP contribution in [-0.2, 0) is 14.4 Å². The molecule has 2 heterocycles. The number of nitrogens with zero attached hydrogens (tertiary/aromatic N) is 2. The monoisotopic (exact) mass is 296 g/mol. The summed E-state index contributed by atoms with van der Waals surface area (Å²) in [7, 11) is 0. The van der Waals surface area contributed by atoms with Gasteiger partial charge in [-0.25, -0.2) is 0 Å². The number of aliphatic carboxylic acids is 1. The van der Waals surface area contributed by atoms with Crippen LogP contribution in [0, 0.1) is 11.8 Å². The van der Waals surface area contributed by atoms with Gasteiger partial charge in [0.25, 0.3) is 0 Å². The maximum Gasteiger partial charge on any atom is 0.303 e. The summed E-state index contributed by atoms with van der Waals surface area (Å²) in [6.45, 7) is 4.14. The molecule has 0 aromatic rings. The van der Waals surface area contributed by atoms with Crippen LogP contribution in [0.2, 0.25) is 0 Å². The topological polar surface area (TPSA) is 77.9 Å². The van der Waals surface area contributed by atoms with E-state index >= 15 is 0 Å². The van der Waals surface area contributed by atoms with Gasteiger partial charge in [-0.3, -0.25) is 14.4 Å². The molecule has 21 heavy (non-hydrogen) atoms. The Hall–Kier alpha value is -1.59. The van der Waals surface area contributed by atoms with Gasteiger partial charge in [0.1, 0.15) is 0 Å². The number of amides is 2. The highest BCUT2D eigenvalue weighted by Crippen LogP contribution is 2.26. The largest absolute Gasteiger partial charge is 0.481 e. The van der Waals surface area contributed by atoms with Crippen molar-refractivity contribution in [3.05, 3.63) is 0 Å². The predicted molar refractivity (Wildman–Crippen MR) is 76.5 cm³/mol. The summed E-state index contributed by atoms with van der Waals surface area (Å²) in [6.07, 6.45) is 3.42. The maximum absolute atomic E-state index is 12.3. The number of carbonyl (C=O) groups excluding carboxylic acids is 2. The van der Waals surface area contributed by atoms with Crippen LogP contribution in [0.3, 0.4) is 0 Å². The van der Waals surface area contributed by atoms with Gasteiger partial charge >= 0.3 is 5.97 Å². The van der Waals surface area contributed by atoms with Crippen LogP contribution in [0.5, 0.6) is 0 Å². The zero-order chi connectivity index (χ0) is 15.4. The lowest BCUT2D eigenvalue weighted by Gasteiger charge is -2.36. The molecule has 118 valence electrons. The van der Waals surface area contributed by atoms with Gasteiger partial charge in [0, 0.05) is 32.5 Å². The fraction of sp³-hybridized carbons (Fsp3) is 0.800. The predicted octanol–water partition coefficient (Wildman–Crippen LogP) is 0.958. The van der Waals surface area contributed by atoms with E-state index in [1.807, 2.05) is 6.92 Å². The first kappa shape index (κ1) is 15.8. The van der Waals surface area contributed by atoms with Crippen LogP contribution in [0.4, 0.5) is 0 Å². The summed E-state index contributed by atoms with van der Waals surface area (Å²) in [6, 6.07) is 0. The number of carbonyl (C=O) groups is 3. The number of likely N-dealkylation sites (tertiary alicyclic amines) is 2. The van der Waals surface area contributed by atoms with Crippen molar-refractivity contribution in [2.45, 2.75) is 39.0 Å². The fourth-order valence-electron chi connectivity index (χ4n) is 3.28. The highest BCUT2D eigenvalue weighted by Gasteiger charge is 2.30. The molecule has 2 amide bonds. The smallest absolute Gasteiger partial charge is 0.303 e. The molecular weight excluding hydrogens is 272 g/mol. The van der Waals surface area contributed by atoms with E-state index in [1.54, 1.807) is 9.80 Å². The van der Waals surface area contributed by atoms with E-state index in [0.717, 1.165) is 25.8 Å². The highest BCUT2D eigenvalue weighted by atomic mass is 16.4. The quantitative estimate of drug-likeness (QED) is 0.819. The third kappa shape index (κ3) is 4.19. The third-order valence-corrected chi connectivity index (χ3v) is 4.61. The minimum Gasteiger partial charge on any atom is -0.481 e. The second-order valence-electron chi connectivity index (χ2n) is 6.24. The summed E-state index contributed by atoms with van der Waals surface area (Å²) < 4.78 is 0. The van der Waals surface area contributed by atoms with Crippen LogP contribution in [0.25, 0.3) is 0 Å². The van der Waals surface area contributed by atoms with Gasteiger partial charge in [0.15, 0.2) is 0 Å². The molecule has 2 aliphatic heterocycles. The van der Waals surface area contributed by atoms with Gasteiger partial charge in [-0.1, -0.05) is 6.92 Å². The Balaban J connectivity index is 1.86. The molecule has 0 aromatic carbocycles. The Morgan fingerprint density at radius 3 is 2.71 bits per heavy atom. The first-order valence-corrected chi connectivity index (χ1v) is 7.74. The van der Waals surface area contributed by atoms with Crippen LogP contribution in [0.1, 0.15) is 39.0 Å². The third-order valence-electron chi connectivity index (χ3n) is 4.61. The van der Waals surface area contributed by atoms with Gasteiger partial charge < -0.3 is 14.9 Å². The summed E-state index contributed by atoms with van der Waals surface area (Å²) in [4.78, 5) is 38.1. The van der Waals surface area contributed by atoms with Crippen molar-refractivity contribution in [1.82, 2.24) is 9.80 Å². The number of piperidine rings is 1. The second-order valence-corrected chi connectivity index (χ2v) is 6.24. The minimum absolute atomic E-state index is 0.00234. The van der Waals surface area contributed by atoms with Gasteiger partial charge in [-0.2, -0.15) is 0 Å². The van der Waals surface area contributed by atoms with Crippen molar-refractivity contribution in [2.75, 3.05) is 26.2 Å². The summed E-state index contributed by atoms with van der Waals surface area (Å²) in [5.74, 6) is -0.401. The summed E-state index contributed by atoms with van der Waals surface area (Å²) in [5, 5.41) is 8.88. The molecule has 0 aromatic heterocycles. The zero-order valence-electron chi connectivity index (χ0n) is 12.6. The van der Waals surface area contributed by atoms with Crippen molar-refractivity contribution in [2.24, 2.45) is 11.8 Å². The summed E-state index contributed by atoms with van der Waals surface area (Å²) in [5.41, 5.74) is 0. The molecule has 0 saturated carbocycles. The number of hydrogen-bond donors (Lipinski definition) is 1. The fourth-order valence-corrected chi connectivity index (χ4v) is 3.28. The van der Waals surface area contributed by atoms with Crippen LogP contribution in [-0.4, -0.2) is 58.9 Å². The first-order valence-electron chi connectivity index (χ1n) is 7.74. The molecule has 2 rings (SSSR count). The SMILES string of the molecule is CC(CC(=O)O)C1CCCN(C(=O)CN2CCCC2=O)C1.